The summed E-state index contributed by atoms with van der Waals surface area (Å²) >= 11 is 0. The molecule has 2 heterocycles. The van der Waals surface area contributed by atoms with Crippen molar-refractivity contribution in [3.8, 4) is 5.75 Å². The first-order chi connectivity index (χ1) is 21.3. The van der Waals surface area contributed by atoms with Crippen LogP contribution in [0.15, 0.2) is 54.4 Å². The van der Waals surface area contributed by atoms with E-state index < -0.39 is 16.6 Å². The molecule has 0 unspecified atom stereocenters. The Morgan fingerprint density at radius 2 is 1.52 bits per heavy atom. The van der Waals surface area contributed by atoms with Crippen LogP contribution in [0, 0.1) is 6.92 Å². The average Bonchev–Trinajstić information content (AvgIpc) is 3.37. The van der Waals surface area contributed by atoms with E-state index in [1.165, 1.54) is 5.57 Å². The van der Waals surface area contributed by atoms with E-state index in [1.54, 1.807) is 12.1 Å². The molecule has 0 saturated heterocycles. The van der Waals surface area contributed by atoms with Gasteiger partial charge in [0.1, 0.15) is 11.3 Å². The number of allylic oxidation sites excluding steroid dienone is 3. The lowest BCUT2D eigenvalue weighted by atomic mass is 10.0. The third kappa shape index (κ3) is 10.2. The van der Waals surface area contributed by atoms with E-state index in [2.05, 4.69) is 110 Å². The third-order valence-electron chi connectivity index (χ3n) is 10.0. The predicted octanol–water partition coefficient (Wildman–Crippen LogP) is 10.8. The molecule has 8 heteroatoms. The number of hydrogen-bond donors (Lipinski definition) is 1. The number of unbranched alkanes of at least 4 members (excludes halogenated alkanes) is 1. The Balaban J connectivity index is 1.87. The highest BCUT2D eigenvalue weighted by Gasteiger charge is 2.40. The number of aromatic nitrogens is 3. The van der Waals surface area contributed by atoms with Gasteiger partial charge in [0.05, 0.1) is 36.8 Å². The number of phenolic OH excluding ortho intramolecular Hbond substituents is 1. The van der Waals surface area contributed by atoms with Crippen LogP contribution < -0.4 is 0 Å². The highest BCUT2D eigenvalue weighted by atomic mass is 28.4. The fourth-order valence-corrected chi connectivity index (χ4v) is 6.97. The molecule has 0 radical (unpaired) electrons. The Morgan fingerprint density at radius 3 is 2.07 bits per heavy atom. The Bertz CT molecular complexity index is 1450. The van der Waals surface area contributed by atoms with Gasteiger partial charge in [-0.15, -0.1) is 0 Å². The molecular formula is C38H61N3O3Si2. The van der Waals surface area contributed by atoms with Crippen molar-refractivity contribution in [1.82, 2.24) is 14.5 Å². The van der Waals surface area contributed by atoms with Crippen LogP contribution in [0.4, 0.5) is 0 Å². The van der Waals surface area contributed by atoms with Gasteiger partial charge in [0.15, 0.2) is 16.6 Å². The fourth-order valence-electron chi connectivity index (χ4n) is 4.89. The largest absolute Gasteiger partial charge is 0.508 e. The van der Waals surface area contributed by atoms with E-state index in [9.17, 15) is 5.11 Å². The zero-order valence-electron chi connectivity index (χ0n) is 30.8. The molecule has 254 valence electrons. The minimum absolute atomic E-state index is 0.0222. The molecule has 0 fully saturated rings. The van der Waals surface area contributed by atoms with Crippen LogP contribution in [0.2, 0.25) is 36.3 Å². The van der Waals surface area contributed by atoms with Crippen molar-refractivity contribution in [2.24, 2.45) is 0 Å². The van der Waals surface area contributed by atoms with E-state index in [4.69, 9.17) is 18.8 Å². The van der Waals surface area contributed by atoms with Gasteiger partial charge < -0.3 is 18.5 Å². The smallest absolute Gasteiger partial charge is 0.192 e. The van der Waals surface area contributed by atoms with E-state index >= 15 is 0 Å². The number of imidazole rings is 1. The Morgan fingerprint density at radius 1 is 0.935 bits per heavy atom. The summed E-state index contributed by atoms with van der Waals surface area (Å²) in [5.41, 5.74) is 6.64. The number of fused-ring (bicyclic) bond motifs is 1. The average molecular weight is 664 g/mol. The molecular weight excluding hydrogens is 603 g/mol. The summed E-state index contributed by atoms with van der Waals surface area (Å²) in [5, 5.41) is 9.78. The normalized spacial score (nSPS) is 13.9. The van der Waals surface area contributed by atoms with Gasteiger partial charge >= 0.3 is 0 Å². The second-order valence-electron chi connectivity index (χ2n) is 15.9. The summed E-state index contributed by atoms with van der Waals surface area (Å²) in [5.74, 6) is 0.295. The number of phenols is 1. The first-order valence-electron chi connectivity index (χ1n) is 17.1. The lowest BCUT2D eigenvalue weighted by Gasteiger charge is -2.39. The maximum Gasteiger partial charge on any atom is 0.192 e. The van der Waals surface area contributed by atoms with Crippen LogP contribution in [-0.2, 0) is 15.3 Å². The van der Waals surface area contributed by atoms with Gasteiger partial charge in [-0.3, -0.25) is 4.98 Å². The SMILES string of the molecule is CCC/C(=C\CC/C=C/c1ccc(O)cc1)Cc1cc2c(ncn2C(CO[Si](C)(C)C(C)(C)C)CO[Si](C)(C)C(C)(C)C)c(C)n1. The first-order valence-corrected chi connectivity index (χ1v) is 22.9. The molecule has 6 nitrogen and oxygen atoms in total. The number of nitrogens with zero attached hydrogens (tertiary/aromatic N) is 3. The van der Waals surface area contributed by atoms with Crippen molar-refractivity contribution in [3.05, 3.63) is 71.3 Å². The molecule has 1 aromatic carbocycles. The van der Waals surface area contributed by atoms with Crippen molar-refractivity contribution in [1.29, 1.82) is 0 Å². The van der Waals surface area contributed by atoms with Crippen molar-refractivity contribution in [2.45, 2.75) is 130 Å². The number of aryl methyl sites for hydroxylation is 1. The Kier molecular flexibility index (Phi) is 12.8. The van der Waals surface area contributed by atoms with E-state index in [-0.39, 0.29) is 16.1 Å². The predicted molar refractivity (Wildman–Crippen MR) is 201 cm³/mol. The summed E-state index contributed by atoms with van der Waals surface area (Å²) in [6, 6.07) is 9.58. The number of rotatable bonds is 15. The Hall–Kier alpha value is -2.53. The highest BCUT2D eigenvalue weighted by Crippen LogP contribution is 2.39. The zero-order chi connectivity index (χ0) is 34.3. The molecule has 1 N–H and O–H groups in total. The molecule has 3 rings (SSSR count). The summed E-state index contributed by atoms with van der Waals surface area (Å²) in [6.07, 6.45) is 13.6. The third-order valence-corrected chi connectivity index (χ3v) is 19.0. The molecule has 0 amide bonds. The second-order valence-corrected chi connectivity index (χ2v) is 25.5. The van der Waals surface area contributed by atoms with Crippen LogP contribution >= 0.6 is 0 Å². The molecule has 46 heavy (non-hydrogen) atoms. The standard InChI is InChI=1S/C38H61N3O3Si2/c1-13-17-31(19-16-14-15-18-30-20-22-34(42)23-21-30)24-32-25-35-36(29(2)40-32)39-28-41(35)33(26-43-45(9,10)37(3,4)5)27-44-46(11,12)38(6,7)8/h15,18-23,25,28,33,42H,13-14,16-17,24,26-27H2,1-12H3/b18-15+,31-19+. The van der Waals surface area contributed by atoms with Gasteiger partial charge in [0, 0.05) is 12.1 Å². The van der Waals surface area contributed by atoms with Crippen LogP contribution in [-0.4, -0.2) is 49.5 Å². The van der Waals surface area contributed by atoms with Crippen molar-refractivity contribution in [2.75, 3.05) is 13.2 Å². The summed E-state index contributed by atoms with van der Waals surface area (Å²) in [6.45, 7) is 28.6. The lowest BCUT2D eigenvalue weighted by Crippen LogP contribution is -2.44. The van der Waals surface area contributed by atoms with Gasteiger partial charge in [0.25, 0.3) is 0 Å². The minimum Gasteiger partial charge on any atom is -0.508 e. The zero-order valence-corrected chi connectivity index (χ0v) is 32.8. The fraction of sp³-hybridized carbons (Fsp3) is 0.579. The Labute approximate surface area is 281 Å². The van der Waals surface area contributed by atoms with E-state index in [0.717, 1.165) is 60.1 Å². The second kappa shape index (κ2) is 15.6. The van der Waals surface area contributed by atoms with Crippen LogP contribution in [0.1, 0.15) is 97.1 Å². The van der Waals surface area contributed by atoms with E-state index in [1.807, 2.05) is 18.5 Å². The quantitative estimate of drug-likeness (QED) is 0.0995. The monoisotopic (exact) mass is 663 g/mol. The molecule has 0 bridgehead atoms. The maximum absolute atomic E-state index is 9.51. The number of benzene rings is 1. The number of hydrogen-bond acceptors (Lipinski definition) is 5. The van der Waals surface area contributed by atoms with Crippen LogP contribution in [0.5, 0.6) is 5.75 Å². The van der Waals surface area contributed by atoms with Crippen molar-refractivity contribution in [3.63, 3.8) is 0 Å². The molecule has 0 spiro atoms. The van der Waals surface area contributed by atoms with Gasteiger partial charge in [-0.25, -0.2) is 4.98 Å². The van der Waals surface area contributed by atoms with Gasteiger partial charge in [-0.05, 0) is 86.2 Å². The molecule has 3 aromatic rings. The molecule has 0 atom stereocenters. The minimum atomic E-state index is -1.97. The summed E-state index contributed by atoms with van der Waals surface area (Å²) < 4.78 is 15.9. The van der Waals surface area contributed by atoms with Crippen LogP contribution in [0.25, 0.3) is 17.1 Å². The van der Waals surface area contributed by atoms with E-state index in [0.29, 0.717) is 19.0 Å². The molecule has 0 saturated carbocycles. The van der Waals surface area contributed by atoms with Gasteiger partial charge in [-0.2, -0.15) is 0 Å². The maximum atomic E-state index is 9.51. The molecule has 0 aliphatic carbocycles. The summed E-state index contributed by atoms with van der Waals surface area (Å²) in [4.78, 5) is 9.88. The van der Waals surface area contributed by atoms with Crippen LogP contribution in [0.3, 0.4) is 0 Å². The molecule has 0 aliphatic heterocycles. The topological polar surface area (TPSA) is 69.4 Å². The lowest BCUT2D eigenvalue weighted by molar-refractivity contribution is 0.163. The summed E-state index contributed by atoms with van der Waals surface area (Å²) in [7, 11) is -3.93. The van der Waals surface area contributed by atoms with Crippen molar-refractivity contribution >= 4 is 33.7 Å². The van der Waals surface area contributed by atoms with Gasteiger partial charge in [0.2, 0.25) is 0 Å². The molecule has 0 aliphatic rings. The first kappa shape index (κ1) is 37.9. The number of aromatic hydroxyl groups is 1. The molecule has 2 aromatic heterocycles. The highest BCUT2D eigenvalue weighted by molar-refractivity contribution is 6.74. The van der Waals surface area contributed by atoms with Crippen molar-refractivity contribution < 1.29 is 14.0 Å². The number of pyridine rings is 1. The van der Waals surface area contributed by atoms with Gasteiger partial charge in [-0.1, -0.05) is 90.8 Å².